The standard InChI is InChI=1S/C15H17NO3S/c1-11(17)14-6-5-13(20-14)8-9-16-15(18)7-4-12-3-2-10-19-12/h2-7,10-11,17H,8-9H2,1H3,(H,16,18). The molecule has 0 saturated carbocycles. The van der Waals surface area contributed by atoms with Crippen molar-refractivity contribution in [3.63, 3.8) is 0 Å². The molecule has 0 radical (unpaired) electrons. The van der Waals surface area contributed by atoms with Gasteiger partial charge in [0.1, 0.15) is 5.76 Å². The number of rotatable bonds is 6. The molecule has 0 bridgehead atoms. The van der Waals surface area contributed by atoms with E-state index in [1.165, 1.54) is 6.08 Å². The first-order chi connectivity index (χ1) is 9.65. The summed E-state index contributed by atoms with van der Waals surface area (Å²) in [5.41, 5.74) is 0. The molecule has 0 fully saturated rings. The highest BCUT2D eigenvalue weighted by molar-refractivity contribution is 7.12. The lowest BCUT2D eigenvalue weighted by Gasteiger charge is -2.00. The summed E-state index contributed by atoms with van der Waals surface area (Å²) in [6.07, 6.45) is 4.98. The Labute approximate surface area is 121 Å². The van der Waals surface area contributed by atoms with Gasteiger partial charge in [0, 0.05) is 22.4 Å². The first-order valence-electron chi connectivity index (χ1n) is 6.41. The number of carbonyl (C=O) groups is 1. The van der Waals surface area contributed by atoms with E-state index in [9.17, 15) is 9.90 Å². The fourth-order valence-corrected chi connectivity index (χ4v) is 2.61. The monoisotopic (exact) mass is 291 g/mol. The molecule has 1 atom stereocenters. The second kappa shape index (κ2) is 7.07. The molecule has 0 aliphatic heterocycles. The van der Waals surface area contributed by atoms with Crippen LogP contribution >= 0.6 is 11.3 Å². The summed E-state index contributed by atoms with van der Waals surface area (Å²) in [7, 11) is 0. The highest BCUT2D eigenvalue weighted by Gasteiger charge is 2.05. The Morgan fingerprint density at radius 2 is 2.35 bits per heavy atom. The minimum atomic E-state index is -0.431. The average molecular weight is 291 g/mol. The third-order valence-corrected chi connectivity index (χ3v) is 4.02. The molecule has 0 aliphatic carbocycles. The molecule has 106 valence electrons. The van der Waals surface area contributed by atoms with Gasteiger partial charge in [0.2, 0.25) is 5.91 Å². The Balaban J connectivity index is 1.73. The molecule has 0 spiro atoms. The van der Waals surface area contributed by atoms with Crippen molar-refractivity contribution in [1.29, 1.82) is 0 Å². The highest BCUT2D eigenvalue weighted by atomic mass is 32.1. The Morgan fingerprint density at radius 1 is 1.50 bits per heavy atom. The SMILES string of the molecule is CC(O)c1ccc(CCNC(=O)C=Cc2ccco2)s1. The molecule has 0 aromatic carbocycles. The molecule has 2 aromatic heterocycles. The van der Waals surface area contributed by atoms with E-state index < -0.39 is 6.10 Å². The normalized spacial score (nSPS) is 12.7. The Kier molecular flexibility index (Phi) is 5.15. The lowest BCUT2D eigenvalue weighted by molar-refractivity contribution is -0.116. The van der Waals surface area contributed by atoms with Crippen molar-refractivity contribution in [2.45, 2.75) is 19.4 Å². The van der Waals surface area contributed by atoms with E-state index in [1.54, 1.807) is 42.7 Å². The smallest absolute Gasteiger partial charge is 0.244 e. The van der Waals surface area contributed by atoms with Crippen LogP contribution in [0.1, 0.15) is 28.5 Å². The van der Waals surface area contributed by atoms with Gasteiger partial charge < -0.3 is 14.8 Å². The average Bonchev–Trinajstić information content (AvgIpc) is 3.07. The highest BCUT2D eigenvalue weighted by Crippen LogP contribution is 2.22. The summed E-state index contributed by atoms with van der Waals surface area (Å²) >= 11 is 1.57. The summed E-state index contributed by atoms with van der Waals surface area (Å²) in [6.45, 7) is 2.32. The van der Waals surface area contributed by atoms with E-state index in [0.717, 1.165) is 16.2 Å². The molecule has 2 N–H and O–H groups in total. The Morgan fingerprint density at radius 3 is 3.00 bits per heavy atom. The van der Waals surface area contributed by atoms with Crippen molar-refractivity contribution in [3.8, 4) is 0 Å². The molecule has 2 aromatic rings. The van der Waals surface area contributed by atoms with Crippen molar-refractivity contribution >= 4 is 23.3 Å². The molecule has 1 amide bonds. The van der Waals surface area contributed by atoms with Crippen molar-refractivity contribution in [3.05, 3.63) is 52.1 Å². The van der Waals surface area contributed by atoms with Crippen LogP contribution in [0.5, 0.6) is 0 Å². The predicted molar refractivity (Wildman–Crippen MR) is 79.4 cm³/mol. The largest absolute Gasteiger partial charge is 0.465 e. The van der Waals surface area contributed by atoms with Crippen LogP contribution in [0.3, 0.4) is 0 Å². The molecule has 5 heteroatoms. The number of nitrogens with one attached hydrogen (secondary N) is 1. The van der Waals surface area contributed by atoms with E-state index in [0.29, 0.717) is 12.3 Å². The number of amides is 1. The fraction of sp³-hybridized carbons (Fsp3) is 0.267. The molecule has 2 heterocycles. The van der Waals surface area contributed by atoms with E-state index in [4.69, 9.17) is 4.42 Å². The van der Waals surface area contributed by atoms with Crippen LogP contribution in [-0.4, -0.2) is 17.6 Å². The predicted octanol–water partition coefficient (Wildman–Crippen LogP) is 2.77. The number of aliphatic hydroxyl groups excluding tert-OH is 1. The first kappa shape index (κ1) is 14.6. The van der Waals surface area contributed by atoms with Gasteiger partial charge in [-0.2, -0.15) is 0 Å². The van der Waals surface area contributed by atoms with Crippen molar-refractivity contribution in [1.82, 2.24) is 5.32 Å². The molecular weight excluding hydrogens is 274 g/mol. The van der Waals surface area contributed by atoms with Crippen LogP contribution in [0.25, 0.3) is 6.08 Å². The van der Waals surface area contributed by atoms with Crippen molar-refractivity contribution in [2.75, 3.05) is 6.54 Å². The lowest BCUT2D eigenvalue weighted by atomic mass is 10.3. The van der Waals surface area contributed by atoms with Gasteiger partial charge in [-0.1, -0.05) is 0 Å². The van der Waals surface area contributed by atoms with E-state index in [1.807, 2.05) is 12.1 Å². The van der Waals surface area contributed by atoms with E-state index in [-0.39, 0.29) is 5.91 Å². The fourth-order valence-electron chi connectivity index (χ4n) is 1.67. The van der Waals surface area contributed by atoms with Gasteiger partial charge in [-0.25, -0.2) is 0 Å². The van der Waals surface area contributed by atoms with Gasteiger partial charge in [-0.3, -0.25) is 4.79 Å². The Bertz CT molecular complexity index is 570. The van der Waals surface area contributed by atoms with Crippen LogP contribution in [0.4, 0.5) is 0 Å². The second-order valence-electron chi connectivity index (χ2n) is 4.37. The first-order valence-corrected chi connectivity index (χ1v) is 7.23. The number of aliphatic hydroxyl groups is 1. The van der Waals surface area contributed by atoms with Crippen molar-refractivity contribution < 1.29 is 14.3 Å². The molecular formula is C15H17NO3S. The zero-order valence-electron chi connectivity index (χ0n) is 11.2. The van der Waals surface area contributed by atoms with Gasteiger partial charge in [0.15, 0.2) is 0 Å². The zero-order valence-corrected chi connectivity index (χ0v) is 12.0. The maximum Gasteiger partial charge on any atom is 0.244 e. The van der Waals surface area contributed by atoms with Crippen LogP contribution in [0, 0.1) is 0 Å². The Hall–Kier alpha value is -1.85. The third kappa shape index (κ3) is 4.36. The summed E-state index contributed by atoms with van der Waals surface area (Å²) in [6, 6.07) is 7.46. The minimum absolute atomic E-state index is 0.145. The number of hydrogen-bond acceptors (Lipinski definition) is 4. The lowest BCUT2D eigenvalue weighted by Crippen LogP contribution is -2.23. The third-order valence-electron chi connectivity index (χ3n) is 2.71. The maximum atomic E-state index is 11.6. The van der Waals surface area contributed by atoms with Gasteiger partial charge in [-0.05, 0) is 43.7 Å². The minimum Gasteiger partial charge on any atom is -0.465 e. The number of hydrogen-bond donors (Lipinski definition) is 2. The van der Waals surface area contributed by atoms with Crippen LogP contribution in [-0.2, 0) is 11.2 Å². The number of carbonyl (C=O) groups excluding carboxylic acids is 1. The molecule has 4 nitrogen and oxygen atoms in total. The molecule has 1 unspecified atom stereocenters. The molecule has 0 saturated heterocycles. The number of furan rings is 1. The maximum absolute atomic E-state index is 11.6. The van der Waals surface area contributed by atoms with Crippen LogP contribution < -0.4 is 5.32 Å². The summed E-state index contributed by atoms with van der Waals surface area (Å²) in [5, 5.41) is 12.2. The zero-order chi connectivity index (χ0) is 14.4. The van der Waals surface area contributed by atoms with Gasteiger partial charge >= 0.3 is 0 Å². The molecule has 0 aliphatic rings. The van der Waals surface area contributed by atoms with Gasteiger partial charge in [0.25, 0.3) is 0 Å². The van der Waals surface area contributed by atoms with Gasteiger partial charge in [0.05, 0.1) is 12.4 Å². The van der Waals surface area contributed by atoms with Gasteiger partial charge in [-0.15, -0.1) is 11.3 Å². The summed E-state index contributed by atoms with van der Waals surface area (Å²) in [4.78, 5) is 13.7. The van der Waals surface area contributed by atoms with E-state index in [2.05, 4.69) is 5.32 Å². The van der Waals surface area contributed by atoms with Crippen LogP contribution in [0.15, 0.2) is 41.0 Å². The molecule has 2 rings (SSSR count). The quantitative estimate of drug-likeness (QED) is 0.804. The van der Waals surface area contributed by atoms with Crippen LogP contribution in [0.2, 0.25) is 0 Å². The van der Waals surface area contributed by atoms with E-state index >= 15 is 0 Å². The summed E-state index contributed by atoms with van der Waals surface area (Å²) < 4.78 is 5.09. The second-order valence-corrected chi connectivity index (χ2v) is 5.57. The summed E-state index contributed by atoms with van der Waals surface area (Å²) in [5.74, 6) is 0.508. The van der Waals surface area contributed by atoms with Crippen molar-refractivity contribution in [2.24, 2.45) is 0 Å². The number of thiophene rings is 1. The molecule has 20 heavy (non-hydrogen) atoms. The topological polar surface area (TPSA) is 62.5 Å².